The van der Waals surface area contributed by atoms with Gasteiger partial charge in [-0.1, -0.05) is 29.8 Å². The molecule has 0 bridgehead atoms. The van der Waals surface area contributed by atoms with Crippen molar-refractivity contribution in [2.24, 2.45) is 5.92 Å². The van der Waals surface area contributed by atoms with Crippen LogP contribution in [0.2, 0.25) is 5.02 Å². The standard InChI is InChI=1S/C18H13ClF4N2O3/c19-10-7-5-9(6-8-10)15(26)13-14(11-3-1-2-4-12(11)20)24-16(27)25-17(13,28)18(21,22)23/h1-8,13-14,28H,(H2,24,25,27)/t13-,14-,17+/m0/s1. The number of hydrogen-bond donors (Lipinski definition) is 3. The van der Waals surface area contributed by atoms with E-state index in [9.17, 15) is 32.3 Å². The fraction of sp³-hybridized carbons (Fsp3) is 0.222. The molecule has 0 aliphatic carbocycles. The molecular formula is C18H13ClF4N2O3. The molecule has 1 aliphatic rings. The summed E-state index contributed by atoms with van der Waals surface area (Å²) in [6.07, 6.45) is -5.42. The predicted molar refractivity (Wildman–Crippen MR) is 91.1 cm³/mol. The van der Waals surface area contributed by atoms with Gasteiger partial charge in [0.2, 0.25) is 5.72 Å². The molecule has 3 rings (SSSR count). The zero-order valence-corrected chi connectivity index (χ0v) is 14.7. The van der Waals surface area contributed by atoms with Crippen LogP contribution in [0.15, 0.2) is 48.5 Å². The van der Waals surface area contributed by atoms with E-state index in [2.05, 4.69) is 5.32 Å². The van der Waals surface area contributed by atoms with E-state index < -0.39 is 41.5 Å². The Hall–Kier alpha value is -2.65. The van der Waals surface area contributed by atoms with Crippen LogP contribution in [-0.4, -0.2) is 28.8 Å². The second kappa shape index (κ2) is 7.06. The van der Waals surface area contributed by atoms with Gasteiger partial charge in [-0.2, -0.15) is 13.2 Å². The molecule has 2 amide bonds. The van der Waals surface area contributed by atoms with Gasteiger partial charge in [-0.15, -0.1) is 0 Å². The number of carbonyl (C=O) groups is 2. The van der Waals surface area contributed by atoms with E-state index in [-0.39, 0.29) is 16.1 Å². The van der Waals surface area contributed by atoms with E-state index >= 15 is 0 Å². The van der Waals surface area contributed by atoms with E-state index in [1.165, 1.54) is 41.7 Å². The summed E-state index contributed by atoms with van der Waals surface area (Å²) in [5, 5.41) is 14.1. The van der Waals surface area contributed by atoms with Crippen molar-refractivity contribution < 1.29 is 32.3 Å². The van der Waals surface area contributed by atoms with Gasteiger partial charge in [0.1, 0.15) is 11.7 Å². The van der Waals surface area contributed by atoms with Crippen LogP contribution in [0.3, 0.4) is 0 Å². The zero-order valence-electron chi connectivity index (χ0n) is 13.9. The molecule has 10 heteroatoms. The minimum absolute atomic E-state index is 0.198. The van der Waals surface area contributed by atoms with E-state index in [0.717, 1.165) is 12.1 Å². The second-order valence-corrected chi connectivity index (χ2v) is 6.65. The van der Waals surface area contributed by atoms with E-state index in [1.807, 2.05) is 0 Å². The Morgan fingerprint density at radius 2 is 1.71 bits per heavy atom. The van der Waals surface area contributed by atoms with Crippen LogP contribution in [-0.2, 0) is 0 Å². The molecule has 0 aromatic heterocycles. The average Bonchev–Trinajstić information content (AvgIpc) is 2.60. The highest BCUT2D eigenvalue weighted by Crippen LogP contribution is 2.44. The lowest BCUT2D eigenvalue weighted by Crippen LogP contribution is -2.72. The molecule has 0 radical (unpaired) electrons. The number of halogens is 5. The molecule has 3 N–H and O–H groups in total. The number of benzene rings is 2. The van der Waals surface area contributed by atoms with Gasteiger partial charge >= 0.3 is 12.2 Å². The van der Waals surface area contributed by atoms with Crippen molar-refractivity contribution in [1.82, 2.24) is 10.6 Å². The van der Waals surface area contributed by atoms with Gasteiger partial charge in [0.15, 0.2) is 5.78 Å². The van der Waals surface area contributed by atoms with Crippen LogP contribution in [0.4, 0.5) is 22.4 Å². The molecule has 3 atom stereocenters. The van der Waals surface area contributed by atoms with Gasteiger partial charge in [-0.05, 0) is 30.3 Å². The minimum Gasteiger partial charge on any atom is -0.363 e. The SMILES string of the molecule is O=C1N[C@@H](c2ccccc2F)[C@@H](C(=O)c2ccc(Cl)cc2)[C@@](O)(C(F)(F)F)N1. The molecule has 0 spiro atoms. The minimum atomic E-state index is -5.42. The summed E-state index contributed by atoms with van der Waals surface area (Å²) in [5.74, 6) is -4.39. The maximum absolute atomic E-state index is 14.3. The normalized spacial score (nSPS) is 25.0. The molecule has 1 fully saturated rings. The first-order valence-corrected chi connectivity index (χ1v) is 8.34. The number of hydrogen-bond acceptors (Lipinski definition) is 3. The highest BCUT2D eigenvalue weighted by molar-refractivity contribution is 6.30. The summed E-state index contributed by atoms with van der Waals surface area (Å²) in [4.78, 5) is 24.8. The third-order valence-electron chi connectivity index (χ3n) is 4.46. The number of nitrogens with one attached hydrogen (secondary N) is 2. The van der Waals surface area contributed by atoms with Gasteiger partial charge in [0.05, 0.1) is 6.04 Å². The van der Waals surface area contributed by atoms with Crippen LogP contribution in [0.5, 0.6) is 0 Å². The van der Waals surface area contributed by atoms with E-state index in [4.69, 9.17) is 11.6 Å². The molecule has 5 nitrogen and oxygen atoms in total. The maximum Gasteiger partial charge on any atom is 0.437 e. The predicted octanol–water partition coefficient (Wildman–Crippen LogP) is 3.58. The van der Waals surface area contributed by atoms with Crippen LogP contribution in [0.25, 0.3) is 0 Å². The van der Waals surface area contributed by atoms with Crippen molar-refractivity contribution in [2.45, 2.75) is 17.9 Å². The van der Waals surface area contributed by atoms with Crippen LogP contribution >= 0.6 is 11.6 Å². The Bertz CT molecular complexity index is 920. The lowest BCUT2D eigenvalue weighted by molar-refractivity contribution is -0.287. The largest absolute Gasteiger partial charge is 0.437 e. The molecule has 148 valence electrons. The van der Waals surface area contributed by atoms with Gasteiger partial charge in [0, 0.05) is 16.1 Å². The van der Waals surface area contributed by atoms with Crippen molar-refractivity contribution in [3.8, 4) is 0 Å². The maximum atomic E-state index is 14.3. The fourth-order valence-corrected chi connectivity index (χ4v) is 3.25. The molecule has 0 unspecified atom stereocenters. The number of carbonyl (C=O) groups excluding carboxylic acids is 2. The van der Waals surface area contributed by atoms with E-state index in [1.54, 1.807) is 0 Å². The number of Topliss-reactive ketones (excluding diaryl/α,β-unsaturated/α-hetero) is 1. The molecule has 1 aliphatic heterocycles. The Kier molecular flexibility index (Phi) is 5.07. The Morgan fingerprint density at radius 3 is 2.29 bits per heavy atom. The first kappa shape index (κ1) is 20.1. The smallest absolute Gasteiger partial charge is 0.363 e. The number of rotatable bonds is 3. The van der Waals surface area contributed by atoms with Crippen molar-refractivity contribution in [3.05, 3.63) is 70.5 Å². The van der Waals surface area contributed by atoms with Crippen molar-refractivity contribution in [2.75, 3.05) is 0 Å². The Labute approximate surface area is 161 Å². The quantitative estimate of drug-likeness (QED) is 0.528. The number of amides is 2. The number of aliphatic hydroxyl groups is 1. The first-order valence-electron chi connectivity index (χ1n) is 7.96. The van der Waals surface area contributed by atoms with Crippen molar-refractivity contribution >= 4 is 23.4 Å². The number of ketones is 1. The van der Waals surface area contributed by atoms with Gasteiger partial charge in [0.25, 0.3) is 0 Å². The van der Waals surface area contributed by atoms with Crippen LogP contribution < -0.4 is 10.6 Å². The van der Waals surface area contributed by atoms with Crippen LogP contribution in [0.1, 0.15) is 22.0 Å². The summed E-state index contributed by atoms with van der Waals surface area (Å²) >= 11 is 5.74. The summed E-state index contributed by atoms with van der Waals surface area (Å²) in [7, 11) is 0. The molecule has 2 aromatic carbocycles. The first-order chi connectivity index (χ1) is 13.0. The lowest BCUT2D eigenvalue weighted by Gasteiger charge is -2.45. The highest BCUT2D eigenvalue weighted by Gasteiger charge is 2.66. The van der Waals surface area contributed by atoms with Crippen LogP contribution in [0, 0.1) is 11.7 Å². The molecule has 1 heterocycles. The molecule has 28 heavy (non-hydrogen) atoms. The Morgan fingerprint density at radius 1 is 1.11 bits per heavy atom. The molecule has 1 saturated heterocycles. The molecule has 0 saturated carbocycles. The summed E-state index contributed by atoms with van der Waals surface area (Å²) in [6.45, 7) is 0. The third kappa shape index (κ3) is 3.43. The molecule has 2 aromatic rings. The lowest BCUT2D eigenvalue weighted by atomic mass is 9.77. The number of alkyl halides is 3. The summed E-state index contributed by atoms with van der Waals surface area (Å²) < 4.78 is 55.4. The van der Waals surface area contributed by atoms with Crippen molar-refractivity contribution in [1.29, 1.82) is 0 Å². The average molecular weight is 417 g/mol. The Balaban J connectivity index is 2.18. The van der Waals surface area contributed by atoms with Gasteiger partial charge < -0.3 is 15.7 Å². The third-order valence-corrected chi connectivity index (χ3v) is 4.71. The van der Waals surface area contributed by atoms with E-state index in [0.29, 0.717) is 0 Å². The van der Waals surface area contributed by atoms with Gasteiger partial charge in [-0.25, -0.2) is 9.18 Å². The topological polar surface area (TPSA) is 78.4 Å². The molecular weight excluding hydrogens is 404 g/mol. The zero-order chi connectivity index (χ0) is 20.7. The van der Waals surface area contributed by atoms with Gasteiger partial charge in [-0.3, -0.25) is 4.79 Å². The van der Waals surface area contributed by atoms with Crippen molar-refractivity contribution in [3.63, 3.8) is 0 Å². The monoisotopic (exact) mass is 416 g/mol. The summed E-state index contributed by atoms with van der Waals surface area (Å²) in [5.41, 5.74) is -4.48. The second-order valence-electron chi connectivity index (χ2n) is 6.21. The fourth-order valence-electron chi connectivity index (χ4n) is 3.12. The summed E-state index contributed by atoms with van der Waals surface area (Å²) in [6, 6.07) is 6.49. The highest BCUT2D eigenvalue weighted by atomic mass is 35.5. The number of urea groups is 1.